The summed E-state index contributed by atoms with van der Waals surface area (Å²) >= 11 is 0. The molecule has 0 atom stereocenters. The molecular weight excluding hydrogens is 426 g/mol. The third-order valence-corrected chi connectivity index (χ3v) is 6.13. The standard InChI is InChI=1S/C27H27N5O2/c1-16(2)27(33)31-20-10-6-19(7-11-20)24-22(23-25(28)29-15-30-26(23)32(24)3)18-8-12-21(13-9-18)34-14-17-4-5-17/h6-13,15,17H,1,4-5,14H2,2-3H3,(H,31,33)(H2,28,29,30). The summed E-state index contributed by atoms with van der Waals surface area (Å²) in [6.45, 7) is 6.14. The van der Waals surface area contributed by atoms with Crippen LogP contribution in [0.25, 0.3) is 33.4 Å². The van der Waals surface area contributed by atoms with Crippen LogP contribution in [-0.4, -0.2) is 27.0 Å². The summed E-state index contributed by atoms with van der Waals surface area (Å²) in [5.41, 5.74) is 12.1. The van der Waals surface area contributed by atoms with Crippen LogP contribution >= 0.6 is 0 Å². The molecule has 2 heterocycles. The van der Waals surface area contributed by atoms with E-state index in [-0.39, 0.29) is 5.91 Å². The largest absolute Gasteiger partial charge is 0.493 e. The number of fused-ring (bicyclic) bond motifs is 1. The van der Waals surface area contributed by atoms with Crippen molar-refractivity contribution in [2.24, 2.45) is 13.0 Å². The van der Waals surface area contributed by atoms with Crippen molar-refractivity contribution in [1.82, 2.24) is 14.5 Å². The lowest BCUT2D eigenvalue weighted by Crippen LogP contribution is -2.11. The minimum Gasteiger partial charge on any atom is -0.493 e. The zero-order valence-corrected chi connectivity index (χ0v) is 19.3. The van der Waals surface area contributed by atoms with Gasteiger partial charge in [0.25, 0.3) is 5.91 Å². The SMILES string of the molecule is C=C(C)C(=O)Nc1ccc(-c2c(-c3ccc(OCC4CC4)cc3)c3c(N)ncnc3n2C)cc1. The Morgan fingerprint density at radius 2 is 1.79 bits per heavy atom. The first-order chi connectivity index (χ1) is 16.4. The molecule has 1 saturated carbocycles. The summed E-state index contributed by atoms with van der Waals surface area (Å²) in [6, 6.07) is 15.8. The minimum absolute atomic E-state index is 0.204. The molecule has 0 spiro atoms. The second-order valence-corrected chi connectivity index (χ2v) is 8.83. The van der Waals surface area contributed by atoms with Gasteiger partial charge < -0.3 is 20.4 Å². The smallest absolute Gasteiger partial charge is 0.250 e. The van der Waals surface area contributed by atoms with Crippen LogP contribution in [0.4, 0.5) is 11.5 Å². The van der Waals surface area contributed by atoms with Crippen molar-refractivity contribution in [3.63, 3.8) is 0 Å². The fourth-order valence-electron chi connectivity index (χ4n) is 4.06. The van der Waals surface area contributed by atoms with E-state index < -0.39 is 0 Å². The molecule has 2 aromatic heterocycles. The highest BCUT2D eigenvalue weighted by molar-refractivity contribution is 6.08. The molecule has 4 aromatic rings. The summed E-state index contributed by atoms with van der Waals surface area (Å²) in [5, 5.41) is 3.66. The van der Waals surface area contributed by atoms with Gasteiger partial charge in [0.1, 0.15) is 23.5 Å². The molecule has 0 bridgehead atoms. The Balaban J connectivity index is 1.57. The maximum Gasteiger partial charge on any atom is 0.250 e. The van der Waals surface area contributed by atoms with Gasteiger partial charge in [0.15, 0.2) is 0 Å². The van der Waals surface area contributed by atoms with Crippen molar-refractivity contribution < 1.29 is 9.53 Å². The second kappa shape index (κ2) is 8.67. The number of nitrogens with two attached hydrogens (primary N) is 1. The molecule has 7 heteroatoms. The quantitative estimate of drug-likeness (QED) is 0.376. The van der Waals surface area contributed by atoms with Crippen LogP contribution in [0, 0.1) is 5.92 Å². The number of carbonyl (C=O) groups excluding carboxylic acids is 1. The summed E-state index contributed by atoms with van der Waals surface area (Å²) in [5.74, 6) is 1.79. The number of amides is 1. The Morgan fingerprint density at radius 1 is 1.12 bits per heavy atom. The summed E-state index contributed by atoms with van der Waals surface area (Å²) in [7, 11) is 1.97. The van der Waals surface area contributed by atoms with E-state index in [4.69, 9.17) is 10.5 Å². The maximum atomic E-state index is 12.0. The zero-order chi connectivity index (χ0) is 23.8. The van der Waals surface area contributed by atoms with E-state index in [1.165, 1.54) is 19.2 Å². The van der Waals surface area contributed by atoms with Gasteiger partial charge in [-0.1, -0.05) is 30.8 Å². The van der Waals surface area contributed by atoms with Crippen molar-refractivity contribution in [2.45, 2.75) is 19.8 Å². The number of benzene rings is 2. The fourth-order valence-corrected chi connectivity index (χ4v) is 4.06. The van der Waals surface area contributed by atoms with E-state index in [0.29, 0.717) is 23.0 Å². The topological polar surface area (TPSA) is 95.1 Å². The highest BCUT2D eigenvalue weighted by Gasteiger charge is 2.23. The third-order valence-electron chi connectivity index (χ3n) is 6.13. The van der Waals surface area contributed by atoms with Gasteiger partial charge >= 0.3 is 0 Å². The van der Waals surface area contributed by atoms with Gasteiger partial charge in [0.05, 0.1) is 17.7 Å². The van der Waals surface area contributed by atoms with Crippen LogP contribution in [0.5, 0.6) is 5.75 Å². The van der Waals surface area contributed by atoms with Gasteiger partial charge in [-0.25, -0.2) is 9.97 Å². The summed E-state index contributed by atoms with van der Waals surface area (Å²) in [4.78, 5) is 20.7. The number of nitrogen functional groups attached to an aromatic ring is 1. The highest BCUT2D eigenvalue weighted by atomic mass is 16.5. The summed E-state index contributed by atoms with van der Waals surface area (Å²) < 4.78 is 7.95. The van der Waals surface area contributed by atoms with E-state index >= 15 is 0 Å². The van der Waals surface area contributed by atoms with Crippen molar-refractivity contribution in [3.05, 3.63) is 67.0 Å². The molecule has 1 aliphatic rings. The molecule has 0 unspecified atom stereocenters. The van der Waals surface area contributed by atoms with E-state index in [1.807, 2.05) is 60.1 Å². The summed E-state index contributed by atoms with van der Waals surface area (Å²) in [6.07, 6.45) is 4.00. The molecule has 0 saturated heterocycles. The molecular formula is C27H27N5O2. The van der Waals surface area contributed by atoms with Crippen LogP contribution < -0.4 is 15.8 Å². The van der Waals surface area contributed by atoms with Crippen LogP contribution in [0.3, 0.4) is 0 Å². The fraction of sp³-hybridized carbons (Fsp3) is 0.222. The second-order valence-electron chi connectivity index (χ2n) is 8.83. The van der Waals surface area contributed by atoms with E-state index in [2.05, 4.69) is 21.9 Å². The monoisotopic (exact) mass is 453 g/mol. The number of aromatic nitrogens is 3. The first-order valence-electron chi connectivity index (χ1n) is 11.3. The molecule has 0 aliphatic heterocycles. The lowest BCUT2D eigenvalue weighted by atomic mass is 9.98. The molecule has 1 fully saturated rings. The van der Waals surface area contributed by atoms with Crippen LogP contribution in [0.2, 0.25) is 0 Å². The molecule has 1 aliphatic carbocycles. The molecule has 5 rings (SSSR count). The molecule has 2 aromatic carbocycles. The molecule has 0 radical (unpaired) electrons. The van der Waals surface area contributed by atoms with Gasteiger partial charge in [-0.3, -0.25) is 4.79 Å². The van der Waals surface area contributed by atoms with E-state index in [1.54, 1.807) is 6.92 Å². The molecule has 3 N–H and O–H groups in total. The van der Waals surface area contributed by atoms with Gasteiger partial charge in [-0.2, -0.15) is 0 Å². The lowest BCUT2D eigenvalue weighted by molar-refractivity contribution is -0.112. The Morgan fingerprint density at radius 3 is 2.44 bits per heavy atom. The van der Waals surface area contributed by atoms with Crippen molar-refractivity contribution in [1.29, 1.82) is 0 Å². The molecule has 7 nitrogen and oxygen atoms in total. The van der Waals surface area contributed by atoms with Gasteiger partial charge in [-0.15, -0.1) is 0 Å². The normalized spacial score (nSPS) is 13.1. The van der Waals surface area contributed by atoms with Gasteiger partial charge in [-0.05, 0) is 61.1 Å². The first kappa shape index (κ1) is 21.7. The number of hydrogen-bond acceptors (Lipinski definition) is 5. The predicted octanol–water partition coefficient (Wildman–Crippen LogP) is 5.19. The Hall–Kier alpha value is -4.13. The number of anilines is 2. The predicted molar refractivity (Wildman–Crippen MR) is 135 cm³/mol. The third kappa shape index (κ3) is 4.12. The number of nitrogens with one attached hydrogen (secondary N) is 1. The number of rotatable bonds is 7. The van der Waals surface area contributed by atoms with Crippen molar-refractivity contribution in [2.75, 3.05) is 17.7 Å². The molecule has 172 valence electrons. The number of hydrogen-bond donors (Lipinski definition) is 2. The van der Waals surface area contributed by atoms with Crippen molar-refractivity contribution >= 4 is 28.4 Å². The Bertz CT molecular complexity index is 1380. The number of nitrogens with zero attached hydrogens (tertiary/aromatic N) is 3. The maximum absolute atomic E-state index is 12.0. The van der Waals surface area contributed by atoms with Gasteiger partial charge in [0.2, 0.25) is 0 Å². The Kier molecular flexibility index (Phi) is 5.53. The average Bonchev–Trinajstić information content (AvgIpc) is 3.62. The van der Waals surface area contributed by atoms with Crippen molar-refractivity contribution in [3.8, 4) is 28.1 Å². The van der Waals surface area contributed by atoms with Crippen LogP contribution in [-0.2, 0) is 11.8 Å². The van der Waals surface area contributed by atoms with E-state index in [0.717, 1.165) is 45.8 Å². The molecule has 1 amide bonds. The first-order valence-corrected chi connectivity index (χ1v) is 11.3. The molecule has 34 heavy (non-hydrogen) atoms. The average molecular weight is 454 g/mol. The minimum atomic E-state index is -0.204. The number of aryl methyl sites for hydroxylation is 1. The van der Waals surface area contributed by atoms with E-state index in [9.17, 15) is 4.79 Å². The highest BCUT2D eigenvalue weighted by Crippen LogP contribution is 2.42. The number of ether oxygens (including phenoxy) is 1. The van der Waals surface area contributed by atoms with Crippen LogP contribution in [0.1, 0.15) is 19.8 Å². The Labute approximate surface area is 198 Å². The zero-order valence-electron chi connectivity index (χ0n) is 19.3. The van der Waals surface area contributed by atoms with Crippen LogP contribution in [0.15, 0.2) is 67.0 Å². The number of carbonyl (C=O) groups is 1. The lowest BCUT2D eigenvalue weighted by Gasteiger charge is -2.11. The van der Waals surface area contributed by atoms with Gasteiger partial charge in [0, 0.05) is 23.9 Å².